The van der Waals surface area contributed by atoms with Crippen LogP contribution < -0.4 is 5.32 Å². The summed E-state index contributed by atoms with van der Waals surface area (Å²) >= 11 is 0. The Bertz CT molecular complexity index is 1280. The molecular formula is C30H35N5O. The number of H-pyrrole nitrogens is 1. The number of hydrogen-bond acceptors (Lipinski definition) is 5. The maximum absolute atomic E-state index is 5.60. The van der Waals surface area contributed by atoms with Gasteiger partial charge in [0.25, 0.3) is 0 Å². The predicted octanol–water partition coefficient (Wildman–Crippen LogP) is 5.46. The maximum atomic E-state index is 5.60. The minimum Gasteiger partial charge on any atom is -0.380 e. The van der Waals surface area contributed by atoms with Crippen LogP contribution in [0.4, 0.5) is 0 Å². The molecule has 36 heavy (non-hydrogen) atoms. The Morgan fingerprint density at radius 3 is 2.92 bits per heavy atom. The molecule has 6 heteroatoms. The number of nitrogens with one attached hydrogen (secondary N) is 2. The maximum Gasteiger partial charge on any atom is 0.121 e. The standard InChI is InChI=1S/C30H35N5O/c1-3-15-31-18-22-13-14-24(25(17-22)21-36-2)19-35(20-29-33-26-10-4-5-11-27(26)34-29)28-12-6-8-23-9-7-16-32-30(23)28/h3-5,7,9-11,13-14,16-17,28,31H,1,6,8,12,15,18-21H2,2H3,(H,33,34). The van der Waals surface area contributed by atoms with Crippen LogP contribution in [-0.4, -0.2) is 33.5 Å². The first-order chi connectivity index (χ1) is 17.7. The van der Waals surface area contributed by atoms with E-state index in [1.165, 1.54) is 34.4 Å². The molecule has 1 aliphatic carbocycles. The molecule has 186 valence electrons. The number of nitrogens with zero attached hydrogens (tertiary/aromatic N) is 3. The summed E-state index contributed by atoms with van der Waals surface area (Å²) in [5.74, 6) is 0.984. The number of imidazole rings is 1. The fourth-order valence-electron chi connectivity index (χ4n) is 5.26. The first-order valence-corrected chi connectivity index (χ1v) is 12.8. The van der Waals surface area contributed by atoms with Crippen molar-refractivity contribution in [2.45, 2.75) is 51.5 Å². The van der Waals surface area contributed by atoms with Gasteiger partial charge in [0.15, 0.2) is 0 Å². The first-order valence-electron chi connectivity index (χ1n) is 12.8. The van der Waals surface area contributed by atoms with Gasteiger partial charge in [-0.3, -0.25) is 9.88 Å². The molecule has 0 radical (unpaired) electrons. The van der Waals surface area contributed by atoms with Crippen LogP contribution in [-0.2, 0) is 37.4 Å². The monoisotopic (exact) mass is 481 g/mol. The van der Waals surface area contributed by atoms with Crippen LogP contribution in [0.5, 0.6) is 0 Å². The Morgan fingerprint density at radius 2 is 2.06 bits per heavy atom. The summed E-state index contributed by atoms with van der Waals surface area (Å²) in [5.41, 5.74) is 8.41. The minimum absolute atomic E-state index is 0.243. The summed E-state index contributed by atoms with van der Waals surface area (Å²) in [6, 6.07) is 19.5. The van der Waals surface area contributed by atoms with Crippen molar-refractivity contribution < 1.29 is 4.74 Å². The Morgan fingerprint density at radius 1 is 1.14 bits per heavy atom. The molecule has 0 amide bonds. The molecule has 0 saturated carbocycles. The Balaban J connectivity index is 1.47. The van der Waals surface area contributed by atoms with E-state index < -0.39 is 0 Å². The van der Waals surface area contributed by atoms with Crippen molar-refractivity contribution in [3.63, 3.8) is 0 Å². The van der Waals surface area contributed by atoms with Gasteiger partial charge in [0.2, 0.25) is 0 Å². The number of hydrogen-bond donors (Lipinski definition) is 2. The number of aryl methyl sites for hydroxylation is 1. The lowest BCUT2D eigenvalue weighted by Gasteiger charge is -2.35. The van der Waals surface area contributed by atoms with Gasteiger partial charge in [-0.15, -0.1) is 6.58 Å². The van der Waals surface area contributed by atoms with Crippen molar-refractivity contribution in [3.8, 4) is 0 Å². The van der Waals surface area contributed by atoms with E-state index in [9.17, 15) is 0 Å². The summed E-state index contributed by atoms with van der Waals surface area (Å²) in [7, 11) is 1.76. The van der Waals surface area contributed by atoms with Crippen LogP contribution >= 0.6 is 0 Å². The number of rotatable bonds is 11. The smallest absolute Gasteiger partial charge is 0.121 e. The SMILES string of the molecule is C=CCNCc1ccc(CN(Cc2nc3ccccc3[nH]2)C2CCCc3cccnc32)c(COC)c1. The van der Waals surface area contributed by atoms with Crippen molar-refractivity contribution in [3.05, 3.63) is 107 Å². The molecule has 2 aromatic carbocycles. The van der Waals surface area contributed by atoms with Gasteiger partial charge in [0.05, 0.1) is 35.9 Å². The molecule has 2 N–H and O–H groups in total. The van der Waals surface area contributed by atoms with Crippen LogP contribution in [0.3, 0.4) is 0 Å². The van der Waals surface area contributed by atoms with Crippen LogP contribution in [0.1, 0.15) is 52.7 Å². The van der Waals surface area contributed by atoms with Crippen molar-refractivity contribution in [1.29, 1.82) is 0 Å². The highest BCUT2D eigenvalue weighted by molar-refractivity contribution is 5.74. The Hall–Kier alpha value is -3.32. The number of ether oxygens (including phenoxy) is 1. The van der Waals surface area contributed by atoms with Crippen LogP contribution in [0.25, 0.3) is 11.0 Å². The number of aromatic nitrogens is 3. The van der Waals surface area contributed by atoms with Crippen molar-refractivity contribution in [1.82, 2.24) is 25.2 Å². The molecule has 4 aromatic rings. The summed E-state index contributed by atoms with van der Waals surface area (Å²) in [6.45, 7) is 7.51. The van der Waals surface area contributed by atoms with Gasteiger partial charge in [0, 0.05) is 32.9 Å². The van der Waals surface area contributed by atoms with E-state index in [0.29, 0.717) is 6.61 Å². The highest BCUT2D eigenvalue weighted by atomic mass is 16.5. The fraction of sp³-hybridized carbons (Fsp3) is 0.333. The summed E-state index contributed by atoms with van der Waals surface area (Å²) < 4.78 is 5.60. The van der Waals surface area contributed by atoms with Gasteiger partial charge >= 0.3 is 0 Å². The molecular weight excluding hydrogens is 446 g/mol. The summed E-state index contributed by atoms with van der Waals surface area (Å²) in [6.07, 6.45) is 7.17. The van der Waals surface area contributed by atoms with Crippen LogP contribution in [0.15, 0.2) is 73.4 Å². The molecule has 0 aliphatic heterocycles. The predicted molar refractivity (Wildman–Crippen MR) is 144 cm³/mol. The third-order valence-electron chi connectivity index (χ3n) is 6.96. The topological polar surface area (TPSA) is 66.1 Å². The third-order valence-corrected chi connectivity index (χ3v) is 6.96. The fourth-order valence-corrected chi connectivity index (χ4v) is 5.26. The zero-order chi connectivity index (χ0) is 24.7. The lowest BCUT2D eigenvalue weighted by Crippen LogP contribution is -2.32. The van der Waals surface area contributed by atoms with Crippen molar-refractivity contribution in [2.75, 3.05) is 13.7 Å². The first kappa shape index (κ1) is 24.4. The van der Waals surface area contributed by atoms with Gasteiger partial charge in [-0.25, -0.2) is 4.98 Å². The van der Waals surface area contributed by atoms with Crippen molar-refractivity contribution >= 4 is 11.0 Å². The average Bonchev–Trinajstić information content (AvgIpc) is 3.32. The number of fused-ring (bicyclic) bond motifs is 2. The zero-order valence-corrected chi connectivity index (χ0v) is 21.0. The number of aromatic amines is 1. The van der Waals surface area contributed by atoms with Crippen LogP contribution in [0, 0.1) is 0 Å². The minimum atomic E-state index is 0.243. The van der Waals surface area contributed by atoms with Crippen molar-refractivity contribution in [2.24, 2.45) is 0 Å². The zero-order valence-electron chi connectivity index (χ0n) is 21.0. The number of methoxy groups -OCH3 is 1. The summed E-state index contributed by atoms with van der Waals surface area (Å²) in [4.78, 5) is 15.8. The molecule has 0 bridgehead atoms. The highest BCUT2D eigenvalue weighted by Crippen LogP contribution is 2.35. The number of para-hydroxylation sites is 2. The molecule has 5 rings (SSSR count). The molecule has 6 nitrogen and oxygen atoms in total. The van der Waals surface area contributed by atoms with Gasteiger partial charge in [0.1, 0.15) is 5.82 Å². The average molecular weight is 482 g/mol. The second-order valence-corrected chi connectivity index (χ2v) is 9.52. The molecule has 2 aromatic heterocycles. The second kappa shape index (κ2) is 11.6. The lowest BCUT2D eigenvalue weighted by molar-refractivity contribution is 0.149. The van der Waals surface area contributed by atoms with Crippen LogP contribution in [0.2, 0.25) is 0 Å². The van der Waals surface area contributed by atoms with E-state index in [1.54, 1.807) is 7.11 Å². The Kier molecular flexibility index (Phi) is 7.86. The van der Waals surface area contributed by atoms with E-state index >= 15 is 0 Å². The molecule has 2 heterocycles. The van der Waals surface area contributed by atoms with Gasteiger partial charge in [-0.05, 0) is 59.7 Å². The molecule has 1 unspecified atom stereocenters. The molecule has 1 atom stereocenters. The van der Waals surface area contributed by atoms with E-state index in [2.05, 4.69) is 64.2 Å². The number of benzene rings is 2. The quantitative estimate of drug-likeness (QED) is 0.220. The van der Waals surface area contributed by atoms with Gasteiger partial charge in [-0.2, -0.15) is 0 Å². The lowest BCUT2D eigenvalue weighted by atomic mass is 9.90. The molecule has 0 spiro atoms. The van der Waals surface area contributed by atoms with Gasteiger partial charge in [-0.1, -0.05) is 42.5 Å². The third kappa shape index (κ3) is 5.57. The Labute approximate surface area is 213 Å². The highest BCUT2D eigenvalue weighted by Gasteiger charge is 2.28. The largest absolute Gasteiger partial charge is 0.380 e. The van der Waals surface area contributed by atoms with E-state index in [4.69, 9.17) is 14.7 Å². The van der Waals surface area contributed by atoms with E-state index in [0.717, 1.165) is 55.9 Å². The van der Waals surface area contributed by atoms with Gasteiger partial charge < -0.3 is 15.0 Å². The van der Waals surface area contributed by atoms with E-state index in [-0.39, 0.29) is 6.04 Å². The number of pyridine rings is 1. The second-order valence-electron chi connectivity index (χ2n) is 9.52. The van der Waals surface area contributed by atoms with E-state index in [1.807, 2.05) is 24.4 Å². The summed E-state index contributed by atoms with van der Waals surface area (Å²) in [5, 5.41) is 3.40. The molecule has 0 fully saturated rings. The molecule has 0 saturated heterocycles. The normalized spacial score (nSPS) is 15.3. The molecule has 1 aliphatic rings.